The number of aromatic nitrogens is 1. The van der Waals surface area contributed by atoms with Gasteiger partial charge in [0.05, 0.1) is 13.5 Å². The summed E-state index contributed by atoms with van der Waals surface area (Å²) in [5.74, 6) is 0.265. The summed E-state index contributed by atoms with van der Waals surface area (Å²) in [5, 5.41) is 3.23. The number of carbonyl (C=O) groups is 1. The van der Waals surface area contributed by atoms with Crippen LogP contribution >= 0.6 is 11.6 Å². The quantitative estimate of drug-likeness (QED) is 0.601. The van der Waals surface area contributed by atoms with Crippen LogP contribution in [-0.2, 0) is 9.53 Å². The summed E-state index contributed by atoms with van der Waals surface area (Å²) in [6.45, 7) is 0.430. The van der Waals surface area contributed by atoms with Gasteiger partial charge in [0.2, 0.25) is 0 Å². The summed E-state index contributed by atoms with van der Waals surface area (Å²) in [4.78, 5) is 14.8. The van der Waals surface area contributed by atoms with Crippen LogP contribution in [0.1, 0.15) is 6.42 Å². The van der Waals surface area contributed by atoms with Gasteiger partial charge in [-0.05, 0) is 6.07 Å². The van der Waals surface area contributed by atoms with Gasteiger partial charge < -0.3 is 15.8 Å². The Morgan fingerprint density at radius 1 is 1.67 bits per heavy atom. The smallest absolute Gasteiger partial charge is 0.307 e. The summed E-state index contributed by atoms with van der Waals surface area (Å²) in [6.07, 6.45) is 0.268. The van der Waals surface area contributed by atoms with Crippen molar-refractivity contribution in [1.82, 2.24) is 4.98 Å². The Kier molecular flexibility index (Phi) is 4.17. The number of nitrogen functional groups attached to an aromatic ring is 1. The molecule has 0 unspecified atom stereocenters. The molecule has 0 bridgehead atoms. The molecule has 1 heterocycles. The lowest BCUT2D eigenvalue weighted by molar-refractivity contribution is -0.140. The molecule has 0 radical (unpaired) electrons. The molecule has 0 atom stereocenters. The highest BCUT2D eigenvalue weighted by molar-refractivity contribution is 6.29. The van der Waals surface area contributed by atoms with Gasteiger partial charge in [-0.25, -0.2) is 4.98 Å². The number of ether oxygens (including phenoxy) is 1. The minimum absolute atomic E-state index is 0.268. The zero-order valence-corrected chi connectivity index (χ0v) is 9.04. The molecule has 1 rings (SSSR count). The fourth-order valence-corrected chi connectivity index (χ4v) is 1.22. The molecule has 6 heteroatoms. The second kappa shape index (κ2) is 5.41. The molecule has 1 aromatic heterocycles. The molecular weight excluding hydrogens is 218 g/mol. The lowest BCUT2D eigenvalue weighted by Crippen LogP contribution is -2.10. The second-order valence-corrected chi connectivity index (χ2v) is 3.25. The first-order valence-corrected chi connectivity index (χ1v) is 4.73. The van der Waals surface area contributed by atoms with Crippen LogP contribution in [0.4, 0.5) is 11.5 Å². The van der Waals surface area contributed by atoms with Crippen molar-refractivity contribution in [3.63, 3.8) is 0 Å². The van der Waals surface area contributed by atoms with Gasteiger partial charge in [-0.2, -0.15) is 0 Å². The summed E-state index contributed by atoms with van der Waals surface area (Å²) in [7, 11) is 1.35. The zero-order chi connectivity index (χ0) is 11.3. The lowest BCUT2D eigenvalue weighted by atomic mass is 10.4. The number of anilines is 2. The molecule has 5 nitrogen and oxygen atoms in total. The van der Waals surface area contributed by atoms with E-state index >= 15 is 0 Å². The van der Waals surface area contributed by atoms with Crippen molar-refractivity contribution >= 4 is 29.1 Å². The fourth-order valence-electron chi connectivity index (χ4n) is 1.00. The summed E-state index contributed by atoms with van der Waals surface area (Å²) in [6, 6.07) is 3.19. The van der Waals surface area contributed by atoms with E-state index in [4.69, 9.17) is 17.3 Å². The minimum atomic E-state index is -0.280. The van der Waals surface area contributed by atoms with Gasteiger partial charge in [0.1, 0.15) is 11.0 Å². The van der Waals surface area contributed by atoms with Crippen LogP contribution in [-0.4, -0.2) is 24.6 Å². The Bertz CT molecular complexity index is 337. The summed E-state index contributed by atoms with van der Waals surface area (Å²) < 4.78 is 4.49. The Labute approximate surface area is 92.6 Å². The van der Waals surface area contributed by atoms with Crippen molar-refractivity contribution in [2.24, 2.45) is 0 Å². The van der Waals surface area contributed by atoms with Crippen molar-refractivity contribution in [1.29, 1.82) is 0 Å². The van der Waals surface area contributed by atoms with Crippen LogP contribution in [0.15, 0.2) is 12.1 Å². The highest BCUT2D eigenvalue weighted by Gasteiger charge is 2.01. The molecule has 0 spiro atoms. The van der Waals surface area contributed by atoms with E-state index in [1.165, 1.54) is 7.11 Å². The third kappa shape index (κ3) is 4.03. The van der Waals surface area contributed by atoms with E-state index in [-0.39, 0.29) is 12.4 Å². The van der Waals surface area contributed by atoms with E-state index in [9.17, 15) is 4.79 Å². The maximum Gasteiger partial charge on any atom is 0.307 e. The van der Waals surface area contributed by atoms with Crippen LogP contribution in [0, 0.1) is 0 Å². The first-order valence-electron chi connectivity index (χ1n) is 4.35. The number of esters is 1. The van der Waals surface area contributed by atoms with E-state index in [1.807, 2.05) is 0 Å². The number of rotatable bonds is 4. The molecule has 0 aliphatic rings. The monoisotopic (exact) mass is 229 g/mol. The third-order valence-corrected chi connectivity index (χ3v) is 1.87. The van der Waals surface area contributed by atoms with Crippen LogP contribution in [0.25, 0.3) is 0 Å². The van der Waals surface area contributed by atoms with Crippen LogP contribution in [0.3, 0.4) is 0 Å². The van der Waals surface area contributed by atoms with E-state index in [1.54, 1.807) is 12.1 Å². The normalized spacial score (nSPS) is 9.73. The van der Waals surface area contributed by atoms with Gasteiger partial charge in [0.25, 0.3) is 0 Å². The number of nitrogens with one attached hydrogen (secondary N) is 1. The fraction of sp³-hybridized carbons (Fsp3) is 0.333. The Balaban J connectivity index is 2.47. The number of carbonyl (C=O) groups excluding carboxylic acids is 1. The number of nitrogens with zero attached hydrogens (tertiary/aromatic N) is 1. The molecular formula is C9H12ClN3O2. The number of hydrogen-bond acceptors (Lipinski definition) is 5. The molecule has 0 amide bonds. The predicted octanol–water partition coefficient (Wildman–Crippen LogP) is 1.29. The van der Waals surface area contributed by atoms with Crippen LogP contribution in [0.5, 0.6) is 0 Å². The predicted molar refractivity (Wildman–Crippen MR) is 58.8 cm³/mol. The first kappa shape index (κ1) is 11.6. The largest absolute Gasteiger partial charge is 0.469 e. The van der Waals surface area contributed by atoms with Crippen molar-refractivity contribution in [2.75, 3.05) is 24.7 Å². The van der Waals surface area contributed by atoms with Crippen molar-refractivity contribution in [3.05, 3.63) is 17.3 Å². The Morgan fingerprint density at radius 2 is 2.40 bits per heavy atom. The Hall–Kier alpha value is -1.49. The molecule has 15 heavy (non-hydrogen) atoms. The zero-order valence-electron chi connectivity index (χ0n) is 8.29. The van der Waals surface area contributed by atoms with Gasteiger partial charge >= 0.3 is 5.97 Å². The SMILES string of the molecule is COC(=O)CCNc1cc(N)cc(Cl)n1. The second-order valence-electron chi connectivity index (χ2n) is 2.86. The highest BCUT2D eigenvalue weighted by atomic mass is 35.5. The molecule has 0 fully saturated rings. The van der Waals surface area contributed by atoms with Gasteiger partial charge in [-0.3, -0.25) is 4.79 Å². The molecule has 1 aromatic rings. The van der Waals surface area contributed by atoms with E-state index < -0.39 is 0 Å². The summed E-state index contributed by atoms with van der Waals surface area (Å²) >= 11 is 5.70. The number of pyridine rings is 1. The third-order valence-electron chi connectivity index (χ3n) is 1.68. The molecule has 0 saturated carbocycles. The van der Waals surface area contributed by atoms with Gasteiger partial charge in [-0.1, -0.05) is 11.6 Å². The first-order chi connectivity index (χ1) is 7.11. The van der Waals surface area contributed by atoms with E-state index in [2.05, 4.69) is 15.0 Å². The van der Waals surface area contributed by atoms with E-state index in [0.29, 0.717) is 23.2 Å². The van der Waals surface area contributed by atoms with E-state index in [0.717, 1.165) is 0 Å². The molecule has 3 N–H and O–H groups in total. The Morgan fingerprint density at radius 3 is 3.00 bits per heavy atom. The molecule has 0 saturated heterocycles. The lowest BCUT2D eigenvalue weighted by Gasteiger charge is -2.05. The molecule has 0 aromatic carbocycles. The average molecular weight is 230 g/mol. The van der Waals surface area contributed by atoms with Gasteiger partial charge in [0.15, 0.2) is 0 Å². The number of halogens is 1. The van der Waals surface area contributed by atoms with Gasteiger partial charge in [-0.15, -0.1) is 0 Å². The van der Waals surface area contributed by atoms with Crippen LogP contribution < -0.4 is 11.1 Å². The average Bonchev–Trinajstić information content (AvgIpc) is 2.16. The van der Waals surface area contributed by atoms with Crippen molar-refractivity contribution in [2.45, 2.75) is 6.42 Å². The summed E-state index contributed by atoms with van der Waals surface area (Å²) in [5.41, 5.74) is 6.08. The highest BCUT2D eigenvalue weighted by Crippen LogP contribution is 2.15. The number of hydrogen-bond donors (Lipinski definition) is 2. The maximum atomic E-state index is 10.8. The number of nitrogens with two attached hydrogens (primary N) is 1. The molecule has 82 valence electrons. The number of methoxy groups -OCH3 is 1. The minimum Gasteiger partial charge on any atom is -0.469 e. The molecule has 0 aliphatic carbocycles. The van der Waals surface area contributed by atoms with Gasteiger partial charge in [0, 0.05) is 18.3 Å². The van der Waals surface area contributed by atoms with Crippen LogP contribution in [0.2, 0.25) is 5.15 Å². The molecule has 0 aliphatic heterocycles. The topological polar surface area (TPSA) is 77.2 Å². The maximum absolute atomic E-state index is 10.8. The van der Waals surface area contributed by atoms with Crippen molar-refractivity contribution < 1.29 is 9.53 Å². The van der Waals surface area contributed by atoms with Crippen molar-refractivity contribution in [3.8, 4) is 0 Å². The standard InChI is InChI=1S/C9H12ClN3O2/c1-15-9(14)2-3-12-8-5-6(11)4-7(10)13-8/h4-5H,2-3H2,1H3,(H3,11,12,13).